The van der Waals surface area contributed by atoms with Crippen molar-refractivity contribution < 1.29 is 8.83 Å². The molecule has 0 unspecified atom stereocenters. The summed E-state index contributed by atoms with van der Waals surface area (Å²) >= 11 is 0. The Bertz CT molecular complexity index is 2850. The van der Waals surface area contributed by atoms with Crippen molar-refractivity contribution in [3.8, 4) is 45.3 Å². The maximum atomic E-state index is 6.58. The standard InChI is InChI=1S/C43H25N3O2/c1-2-12-27(13-3-1)30-23-24-34(38-33-16-7-9-20-37(33)48-40(30)38)42-44-41(29-22-21-26-11-4-5-14-28(26)25-29)45-43(46-42)35-18-10-17-32-31-15-6-8-19-36(31)47-39(32)35/h1-25H. The van der Waals surface area contributed by atoms with Gasteiger partial charge in [-0.1, -0.05) is 115 Å². The lowest BCUT2D eigenvalue weighted by atomic mass is 9.98. The molecule has 0 spiro atoms. The monoisotopic (exact) mass is 615 g/mol. The summed E-state index contributed by atoms with van der Waals surface area (Å²) in [6.07, 6.45) is 0. The largest absolute Gasteiger partial charge is 0.455 e. The minimum atomic E-state index is 0.543. The molecular formula is C43H25N3O2. The summed E-state index contributed by atoms with van der Waals surface area (Å²) in [6, 6.07) is 51.6. The molecule has 3 heterocycles. The number of nitrogens with zero attached hydrogens (tertiary/aromatic N) is 3. The smallest absolute Gasteiger partial charge is 0.167 e. The van der Waals surface area contributed by atoms with Crippen LogP contribution in [0.2, 0.25) is 0 Å². The van der Waals surface area contributed by atoms with Gasteiger partial charge in [0.05, 0.1) is 5.56 Å². The topological polar surface area (TPSA) is 65.0 Å². The first-order valence-corrected chi connectivity index (χ1v) is 15.9. The van der Waals surface area contributed by atoms with Gasteiger partial charge in [-0.05, 0) is 52.7 Å². The lowest BCUT2D eigenvalue weighted by Crippen LogP contribution is -2.01. The van der Waals surface area contributed by atoms with E-state index in [0.29, 0.717) is 17.5 Å². The van der Waals surface area contributed by atoms with E-state index in [4.69, 9.17) is 23.8 Å². The highest BCUT2D eigenvalue weighted by atomic mass is 16.3. The van der Waals surface area contributed by atoms with Crippen LogP contribution in [-0.2, 0) is 0 Å². The summed E-state index contributed by atoms with van der Waals surface area (Å²) in [4.78, 5) is 15.5. The van der Waals surface area contributed by atoms with E-state index in [9.17, 15) is 0 Å². The number of furan rings is 2. The zero-order valence-electron chi connectivity index (χ0n) is 25.6. The summed E-state index contributed by atoms with van der Waals surface area (Å²) < 4.78 is 13.0. The van der Waals surface area contributed by atoms with E-state index in [2.05, 4.69) is 78.9 Å². The van der Waals surface area contributed by atoms with Crippen LogP contribution >= 0.6 is 0 Å². The van der Waals surface area contributed by atoms with Gasteiger partial charge in [0.25, 0.3) is 0 Å². The summed E-state index contributed by atoms with van der Waals surface area (Å²) in [5, 5.41) is 6.33. The first-order chi connectivity index (χ1) is 23.8. The Morgan fingerprint density at radius 1 is 0.354 bits per heavy atom. The molecule has 0 atom stereocenters. The molecule has 0 bridgehead atoms. The molecule has 5 nitrogen and oxygen atoms in total. The van der Waals surface area contributed by atoms with Crippen molar-refractivity contribution in [2.24, 2.45) is 0 Å². The molecule has 0 saturated carbocycles. The average Bonchev–Trinajstić information content (AvgIpc) is 3.74. The fourth-order valence-electron chi connectivity index (χ4n) is 6.86. The Morgan fingerprint density at radius 3 is 1.83 bits per heavy atom. The van der Waals surface area contributed by atoms with Crippen LogP contribution in [0.5, 0.6) is 0 Å². The number of para-hydroxylation sites is 3. The second kappa shape index (κ2) is 10.5. The first-order valence-electron chi connectivity index (χ1n) is 15.9. The maximum Gasteiger partial charge on any atom is 0.167 e. The fourth-order valence-corrected chi connectivity index (χ4v) is 6.86. The zero-order chi connectivity index (χ0) is 31.6. The molecule has 0 aliphatic carbocycles. The summed E-state index contributed by atoms with van der Waals surface area (Å²) in [7, 11) is 0. The molecule has 0 amide bonds. The van der Waals surface area contributed by atoms with Crippen LogP contribution in [0.4, 0.5) is 0 Å². The predicted molar refractivity (Wildman–Crippen MR) is 194 cm³/mol. The molecule has 0 aliphatic rings. The highest BCUT2D eigenvalue weighted by Gasteiger charge is 2.22. The molecule has 10 aromatic rings. The normalized spacial score (nSPS) is 11.8. The van der Waals surface area contributed by atoms with E-state index in [1.54, 1.807) is 0 Å². The maximum absolute atomic E-state index is 6.58. The van der Waals surface area contributed by atoms with E-state index in [1.165, 1.54) is 0 Å². The van der Waals surface area contributed by atoms with Crippen LogP contribution in [0.3, 0.4) is 0 Å². The van der Waals surface area contributed by atoms with Gasteiger partial charge in [-0.3, -0.25) is 0 Å². The predicted octanol–water partition coefficient (Wildman–Crippen LogP) is 11.5. The Hall–Kier alpha value is -6.59. The molecule has 0 saturated heterocycles. The number of benzene rings is 7. The van der Waals surface area contributed by atoms with Gasteiger partial charge in [-0.2, -0.15) is 0 Å². The van der Waals surface area contributed by atoms with Crippen molar-refractivity contribution in [3.63, 3.8) is 0 Å². The van der Waals surface area contributed by atoms with E-state index in [0.717, 1.165) is 82.5 Å². The lowest BCUT2D eigenvalue weighted by Gasteiger charge is -2.11. The summed E-state index contributed by atoms with van der Waals surface area (Å²) in [6.45, 7) is 0. The van der Waals surface area contributed by atoms with Crippen molar-refractivity contribution in [1.82, 2.24) is 15.0 Å². The highest BCUT2D eigenvalue weighted by molar-refractivity contribution is 6.16. The summed E-state index contributed by atoms with van der Waals surface area (Å²) in [5.41, 5.74) is 7.87. The van der Waals surface area contributed by atoms with Crippen molar-refractivity contribution in [2.75, 3.05) is 0 Å². The van der Waals surface area contributed by atoms with Gasteiger partial charge < -0.3 is 8.83 Å². The van der Waals surface area contributed by atoms with Crippen molar-refractivity contribution in [2.45, 2.75) is 0 Å². The summed E-state index contributed by atoms with van der Waals surface area (Å²) in [5.74, 6) is 1.69. The molecule has 0 radical (unpaired) electrons. The van der Waals surface area contributed by atoms with Gasteiger partial charge in [-0.15, -0.1) is 0 Å². The van der Waals surface area contributed by atoms with Gasteiger partial charge in [0.15, 0.2) is 17.5 Å². The fraction of sp³-hybridized carbons (Fsp3) is 0. The van der Waals surface area contributed by atoms with Crippen LogP contribution in [-0.4, -0.2) is 15.0 Å². The minimum Gasteiger partial charge on any atom is -0.455 e. The van der Waals surface area contributed by atoms with E-state index >= 15 is 0 Å². The van der Waals surface area contributed by atoms with Gasteiger partial charge in [-0.25, -0.2) is 15.0 Å². The van der Waals surface area contributed by atoms with E-state index in [-0.39, 0.29) is 0 Å². The van der Waals surface area contributed by atoms with E-state index < -0.39 is 0 Å². The molecule has 3 aromatic heterocycles. The first kappa shape index (κ1) is 26.6. The quantitative estimate of drug-likeness (QED) is 0.197. The second-order valence-electron chi connectivity index (χ2n) is 12.0. The molecule has 7 aromatic carbocycles. The number of fused-ring (bicyclic) bond motifs is 7. The Labute approximate surface area is 274 Å². The molecule has 48 heavy (non-hydrogen) atoms. The Balaban J connectivity index is 1.28. The molecular weight excluding hydrogens is 590 g/mol. The second-order valence-corrected chi connectivity index (χ2v) is 12.0. The third kappa shape index (κ3) is 4.15. The van der Waals surface area contributed by atoms with Crippen molar-refractivity contribution >= 4 is 54.6 Å². The minimum absolute atomic E-state index is 0.543. The molecule has 0 aliphatic heterocycles. The molecule has 224 valence electrons. The third-order valence-electron chi connectivity index (χ3n) is 9.14. The van der Waals surface area contributed by atoms with E-state index in [1.807, 2.05) is 72.8 Å². The van der Waals surface area contributed by atoms with Crippen LogP contribution in [0.1, 0.15) is 0 Å². The SMILES string of the molecule is c1ccc(-c2ccc(-c3nc(-c4ccc5ccccc5c4)nc(-c4cccc5c4oc4ccccc45)n3)c3c2oc2ccccc23)cc1. The number of hydrogen-bond acceptors (Lipinski definition) is 5. The lowest BCUT2D eigenvalue weighted by molar-refractivity contribution is 0.669. The zero-order valence-corrected chi connectivity index (χ0v) is 25.6. The van der Waals surface area contributed by atoms with Gasteiger partial charge in [0, 0.05) is 38.2 Å². The van der Waals surface area contributed by atoms with Crippen LogP contribution in [0, 0.1) is 0 Å². The molecule has 5 heteroatoms. The number of hydrogen-bond donors (Lipinski definition) is 0. The van der Waals surface area contributed by atoms with Crippen LogP contribution in [0.25, 0.3) is 99.9 Å². The van der Waals surface area contributed by atoms with Gasteiger partial charge >= 0.3 is 0 Å². The molecule has 0 fully saturated rings. The highest BCUT2D eigenvalue weighted by Crippen LogP contribution is 2.42. The number of aromatic nitrogens is 3. The van der Waals surface area contributed by atoms with Gasteiger partial charge in [0.1, 0.15) is 22.3 Å². The van der Waals surface area contributed by atoms with Crippen molar-refractivity contribution in [3.05, 3.63) is 152 Å². The van der Waals surface area contributed by atoms with Gasteiger partial charge in [0.2, 0.25) is 0 Å². The Kier molecular flexibility index (Phi) is 5.81. The Morgan fingerprint density at radius 2 is 0.979 bits per heavy atom. The molecule has 0 N–H and O–H groups in total. The van der Waals surface area contributed by atoms with Crippen LogP contribution < -0.4 is 0 Å². The average molecular weight is 616 g/mol. The van der Waals surface area contributed by atoms with Crippen LogP contribution in [0.15, 0.2) is 160 Å². The third-order valence-corrected chi connectivity index (χ3v) is 9.14. The number of rotatable bonds is 4. The van der Waals surface area contributed by atoms with Crippen molar-refractivity contribution in [1.29, 1.82) is 0 Å². The molecule has 10 rings (SSSR count).